The highest BCUT2D eigenvalue weighted by Crippen LogP contribution is 2.48. The van der Waals surface area contributed by atoms with Crippen LogP contribution in [0.2, 0.25) is 0 Å². The average Bonchev–Trinajstić information content (AvgIpc) is 3.61. The highest BCUT2D eigenvalue weighted by Gasteiger charge is 2.41. The van der Waals surface area contributed by atoms with Gasteiger partial charge in [-0.25, -0.2) is 4.39 Å². The molecule has 0 saturated carbocycles. The SMILES string of the molecule is COC(=O)C[C@@H]1COc2cc(O[C@@H]3CCc4c(-c5c(C)cc(OCC6(O)CCOCC6)cc5C)cc(C(F)(F)F)c(F)c43)ccc21. The van der Waals surface area contributed by atoms with Crippen LogP contribution in [0.4, 0.5) is 17.6 Å². The highest BCUT2D eigenvalue weighted by molar-refractivity contribution is 5.77. The lowest BCUT2D eigenvalue weighted by molar-refractivity contribution is -0.141. The number of methoxy groups -OCH3 is 1. The molecule has 1 N–H and O–H groups in total. The summed E-state index contributed by atoms with van der Waals surface area (Å²) in [5.41, 5.74) is 1.03. The fourth-order valence-electron chi connectivity index (χ4n) is 6.78. The van der Waals surface area contributed by atoms with Gasteiger partial charge in [-0.3, -0.25) is 4.79 Å². The minimum Gasteiger partial charge on any atom is -0.492 e. The van der Waals surface area contributed by atoms with E-state index in [1.165, 1.54) is 7.11 Å². The van der Waals surface area contributed by atoms with Crippen molar-refractivity contribution in [1.82, 2.24) is 0 Å². The molecule has 2 heterocycles. The van der Waals surface area contributed by atoms with E-state index >= 15 is 4.39 Å². The zero-order valence-corrected chi connectivity index (χ0v) is 25.9. The molecule has 1 aliphatic carbocycles. The van der Waals surface area contributed by atoms with Gasteiger partial charge in [0.25, 0.3) is 0 Å². The number of rotatable bonds is 8. The fourth-order valence-corrected chi connectivity index (χ4v) is 6.78. The Balaban J connectivity index is 1.31. The molecule has 0 bridgehead atoms. The predicted octanol–water partition coefficient (Wildman–Crippen LogP) is 7.15. The molecule has 2 aliphatic heterocycles. The number of carbonyl (C=O) groups excluding carboxylic acids is 1. The topological polar surface area (TPSA) is 83.5 Å². The van der Waals surface area contributed by atoms with Crippen molar-refractivity contribution in [2.24, 2.45) is 0 Å². The Morgan fingerprint density at radius 2 is 1.78 bits per heavy atom. The summed E-state index contributed by atoms with van der Waals surface area (Å²) < 4.78 is 86.5. The maximum absolute atomic E-state index is 15.8. The Bertz CT molecular complexity index is 1620. The molecule has 7 nitrogen and oxygen atoms in total. The second-order valence-electron chi connectivity index (χ2n) is 12.4. The first-order valence-electron chi connectivity index (χ1n) is 15.3. The predicted molar refractivity (Wildman–Crippen MR) is 160 cm³/mol. The van der Waals surface area contributed by atoms with Crippen molar-refractivity contribution in [2.75, 3.05) is 33.5 Å². The van der Waals surface area contributed by atoms with Crippen molar-refractivity contribution in [3.8, 4) is 28.4 Å². The van der Waals surface area contributed by atoms with E-state index in [0.29, 0.717) is 77.5 Å². The third kappa shape index (κ3) is 6.27. The van der Waals surface area contributed by atoms with Crippen molar-refractivity contribution >= 4 is 5.97 Å². The van der Waals surface area contributed by atoms with Gasteiger partial charge in [-0.1, -0.05) is 6.07 Å². The van der Waals surface area contributed by atoms with Gasteiger partial charge in [0.2, 0.25) is 0 Å². The zero-order chi connectivity index (χ0) is 32.8. The third-order valence-corrected chi connectivity index (χ3v) is 9.19. The van der Waals surface area contributed by atoms with Crippen molar-refractivity contribution in [2.45, 2.75) is 69.8 Å². The van der Waals surface area contributed by atoms with Crippen LogP contribution in [-0.4, -0.2) is 50.2 Å². The molecule has 0 radical (unpaired) electrons. The fraction of sp³-hybridized carbons (Fsp3) is 0.457. The molecule has 11 heteroatoms. The lowest BCUT2D eigenvalue weighted by atomic mass is 9.88. The summed E-state index contributed by atoms with van der Waals surface area (Å²) in [7, 11) is 1.32. The molecule has 3 aromatic rings. The number of carbonyl (C=O) groups is 1. The third-order valence-electron chi connectivity index (χ3n) is 9.19. The summed E-state index contributed by atoms with van der Waals surface area (Å²) in [6.07, 6.45) is -4.24. The van der Waals surface area contributed by atoms with Crippen LogP contribution in [0.3, 0.4) is 0 Å². The first kappa shape index (κ1) is 32.1. The lowest BCUT2D eigenvalue weighted by Crippen LogP contribution is -2.41. The first-order chi connectivity index (χ1) is 21.9. The standard InChI is InChI=1S/C35H36F4O7/c1-19-12-23(45-18-34(41)8-10-43-11-9-34)13-20(2)31(19)26-16-27(35(37,38)39)33(36)32-25(26)6-7-28(32)46-22-4-5-24-21(14-30(40)42-3)17-44-29(24)15-22/h4-5,12-13,15-16,21,28,41H,6-11,14,17-18H2,1-3H3/t21-,28-/m1/s1. The van der Waals surface area contributed by atoms with Crippen LogP contribution in [-0.2, 0) is 26.9 Å². The molecule has 3 aromatic carbocycles. The van der Waals surface area contributed by atoms with Gasteiger partial charge in [0.15, 0.2) is 0 Å². The van der Waals surface area contributed by atoms with Gasteiger partial charge < -0.3 is 28.8 Å². The number of halogens is 4. The van der Waals surface area contributed by atoms with E-state index in [-0.39, 0.29) is 43.5 Å². The Hall–Kier alpha value is -3.83. The second kappa shape index (κ2) is 12.4. The number of benzene rings is 3. The summed E-state index contributed by atoms with van der Waals surface area (Å²) in [6.45, 7) is 4.79. The summed E-state index contributed by atoms with van der Waals surface area (Å²) in [5, 5.41) is 10.8. The second-order valence-corrected chi connectivity index (χ2v) is 12.4. The van der Waals surface area contributed by atoms with Crippen molar-refractivity contribution in [3.05, 3.63) is 75.6 Å². The molecular weight excluding hydrogens is 608 g/mol. The van der Waals surface area contributed by atoms with Gasteiger partial charge in [-0.2, -0.15) is 13.2 Å². The normalized spacial score (nSPS) is 20.1. The van der Waals surface area contributed by atoms with Crippen LogP contribution in [0.5, 0.6) is 17.2 Å². The number of esters is 1. The number of alkyl halides is 3. The molecule has 0 unspecified atom stereocenters. The molecule has 0 spiro atoms. The van der Waals surface area contributed by atoms with E-state index in [1.54, 1.807) is 44.2 Å². The number of hydrogen-bond donors (Lipinski definition) is 1. The first-order valence-corrected chi connectivity index (χ1v) is 15.3. The summed E-state index contributed by atoms with van der Waals surface area (Å²) >= 11 is 0. The van der Waals surface area contributed by atoms with E-state index in [4.69, 9.17) is 23.7 Å². The summed E-state index contributed by atoms with van der Waals surface area (Å²) in [4.78, 5) is 11.8. The number of hydrogen-bond acceptors (Lipinski definition) is 7. The van der Waals surface area contributed by atoms with Crippen molar-refractivity contribution in [3.63, 3.8) is 0 Å². The largest absolute Gasteiger partial charge is 0.492 e. The maximum Gasteiger partial charge on any atom is 0.419 e. The van der Waals surface area contributed by atoms with Crippen LogP contribution >= 0.6 is 0 Å². The van der Waals surface area contributed by atoms with Gasteiger partial charge in [0, 0.05) is 49.2 Å². The molecule has 6 rings (SSSR count). The number of ether oxygens (including phenoxy) is 5. The monoisotopic (exact) mass is 644 g/mol. The summed E-state index contributed by atoms with van der Waals surface area (Å²) in [6, 6.07) is 9.41. The van der Waals surface area contributed by atoms with E-state index in [9.17, 15) is 23.1 Å². The van der Waals surface area contributed by atoms with Crippen LogP contribution in [0.1, 0.15) is 71.1 Å². The molecule has 1 saturated heterocycles. The minimum atomic E-state index is -4.93. The molecule has 0 aromatic heterocycles. The van der Waals surface area contributed by atoms with Crippen molar-refractivity contribution in [1.29, 1.82) is 0 Å². The molecule has 246 valence electrons. The molecular formula is C35H36F4O7. The number of aliphatic hydroxyl groups is 1. The lowest BCUT2D eigenvalue weighted by Gasteiger charge is -2.31. The van der Waals surface area contributed by atoms with Gasteiger partial charge in [-0.15, -0.1) is 0 Å². The van der Waals surface area contributed by atoms with E-state index < -0.39 is 29.3 Å². The molecule has 2 atom stereocenters. The maximum atomic E-state index is 15.8. The average molecular weight is 645 g/mol. The van der Waals surface area contributed by atoms with Crippen LogP contribution < -0.4 is 14.2 Å². The van der Waals surface area contributed by atoms with E-state index in [2.05, 4.69) is 0 Å². The Labute approximate surface area is 264 Å². The minimum absolute atomic E-state index is 0.0669. The number of fused-ring (bicyclic) bond motifs is 2. The zero-order valence-electron chi connectivity index (χ0n) is 25.9. The molecule has 3 aliphatic rings. The van der Waals surface area contributed by atoms with Gasteiger partial charge in [0.05, 0.1) is 25.7 Å². The number of aryl methyl sites for hydroxylation is 2. The van der Waals surface area contributed by atoms with Crippen molar-refractivity contribution < 1.29 is 51.1 Å². The highest BCUT2D eigenvalue weighted by atomic mass is 19.4. The Morgan fingerprint density at radius 3 is 2.46 bits per heavy atom. The van der Waals surface area contributed by atoms with Crippen LogP contribution in [0, 0.1) is 19.7 Å². The molecule has 1 fully saturated rings. The van der Waals surface area contributed by atoms with E-state index in [1.807, 2.05) is 0 Å². The Kier molecular flexibility index (Phi) is 8.67. The smallest absolute Gasteiger partial charge is 0.419 e. The van der Waals surface area contributed by atoms with E-state index in [0.717, 1.165) is 11.6 Å². The van der Waals surface area contributed by atoms with Gasteiger partial charge in [-0.05, 0) is 78.8 Å². The van der Waals surface area contributed by atoms with Crippen LogP contribution in [0.15, 0.2) is 36.4 Å². The quantitative estimate of drug-likeness (QED) is 0.206. The van der Waals surface area contributed by atoms with Crippen LogP contribution in [0.25, 0.3) is 11.1 Å². The summed E-state index contributed by atoms with van der Waals surface area (Å²) in [5.74, 6) is -0.558. The van der Waals surface area contributed by atoms with Gasteiger partial charge >= 0.3 is 12.1 Å². The molecule has 0 amide bonds. The Morgan fingerprint density at radius 1 is 1.07 bits per heavy atom. The molecule has 46 heavy (non-hydrogen) atoms. The van der Waals surface area contributed by atoms with Gasteiger partial charge in [0.1, 0.15) is 41.4 Å².